The number of urea groups is 1. The van der Waals surface area contributed by atoms with E-state index < -0.39 is 0 Å². The van der Waals surface area contributed by atoms with Gasteiger partial charge in [-0.15, -0.1) is 0 Å². The van der Waals surface area contributed by atoms with Crippen molar-refractivity contribution in [1.29, 1.82) is 0 Å². The summed E-state index contributed by atoms with van der Waals surface area (Å²) in [5, 5.41) is 12.3. The van der Waals surface area contributed by atoms with Gasteiger partial charge < -0.3 is 15.3 Å². The SMILES string of the molecule is Cc1ccc(CN(CCO)C(=O)NCC2CN3CCN2CC3)cc1. The van der Waals surface area contributed by atoms with E-state index in [0.29, 0.717) is 25.7 Å². The Kier molecular flexibility index (Phi) is 5.71. The molecule has 0 aliphatic carbocycles. The van der Waals surface area contributed by atoms with Crippen LogP contribution in [0, 0.1) is 6.92 Å². The van der Waals surface area contributed by atoms with Crippen molar-refractivity contribution in [3.8, 4) is 0 Å². The summed E-state index contributed by atoms with van der Waals surface area (Å²) in [6.45, 7) is 9.10. The van der Waals surface area contributed by atoms with Gasteiger partial charge in [0.1, 0.15) is 0 Å². The second kappa shape index (κ2) is 7.96. The van der Waals surface area contributed by atoms with E-state index in [1.807, 2.05) is 31.2 Å². The first-order valence-electron chi connectivity index (χ1n) is 8.81. The zero-order valence-corrected chi connectivity index (χ0v) is 14.4. The van der Waals surface area contributed by atoms with Crippen molar-refractivity contribution < 1.29 is 9.90 Å². The molecule has 0 aromatic heterocycles. The Morgan fingerprint density at radius 3 is 2.54 bits per heavy atom. The lowest BCUT2D eigenvalue weighted by Crippen LogP contribution is -2.63. The summed E-state index contributed by atoms with van der Waals surface area (Å²) in [6.07, 6.45) is 0. The summed E-state index contributed by atoms with van der Waals surface area (Å²) in [5.41, 5.74) is 2.28. The van der Waals surface area contributed by atoms with Crippen LogP contribution in [0.25, 0.3) is 0 Å². The molecule has 3 aliphatic heterocycles. The van der Waals surface area contributed by atoms with E-state index in [-0.39, 0.29) is 12.6 Å². The van der Waals surface area contributed by atoms with Crippen LogP contribution in [0.1, 0.15) is 11.1 Å². The number of nitrogens with one attached hydrogen (secondary N) is 1. The molecule has 2 amide bonds. The molecular weight excluding hydrogens is 304 g/mol. The summed E-state index contributed by atoms with van der Waals surface area (Å²) in [4.78, 5) is 19.1. The molecule has 1 aromatic rings. The molecular formula is C18H28N4O2. The normalized spacial score (nSPS) is 25.5. The number of rotatable bonds is 6. The number of aliphatic hydroxyl groups excluding tert-OH is 1. The smallest absolute Gasteiger partial charge is 0.317 e. The standard InChI is InChI=1S/C18H28N4O2/c1-15-2-4-16(5-3-15)13-22(10-11-23)18(24)19-12-17-14-20-6-8-21(17)9-7-20/h2-5,17,23H,6-14H2,1H3,(H,19,24). The Hall–Kier alpha value is -1.63. The first-order valence-corrected chi connectivity index (χ1v) is 8.81. The maximum atomic E-state index is 12.5. The number of piperazine rings is 3. The Balaban J connectivity index is 1.53. The second-order valence-electron chi connectivity index (χ2n) is 6.81. The van der Waals surface area contributed by atoms with Gasteiger partial charge in [0.25, 0.3) is 0 Å². The number of aliphatic hydroxyl groups is 1. The first kappa shape index (κ1) is 17.2. The highest BCUT2D eigenvalue weighted by atomic mass is 16.3. The fourth-order valence-electron chi connectivity index (χ4n) is 3.52. The highest BCUT2D eigenvalue weighted by Gasteiger charge is 2.32. The van der Waals surface area contributed by atoms with Crippen molar-refractivity contribution in [3.05, 3.63) is 35.4 Å². The van der Waals surface area contributed by atoms with Crippen LogP contribution in [0.4, 0.5) is 4.79 Å². The molecule has 1 atom stereocenters. The number of nitrogens with zero attached hydrogens (tertiary/aromatic N) is 3. The molecule has 4 rings (SSSR count). The molecule has 1 aromatic carbocycles. The minimum absolute atomic E-state index is 0.0252. The van der Waals surface area contributed by atoms with Crippen molar-refractivity contribution >= 4 is 6.03 Å². The quantitative estimate of drug-likeness (QED) is 0.796. The van der Waals surface area contributed by atoms with Gasteiger partial charge in [-0.3, -0.25) is 9.80 Å². The number of fused-ring (bicyclic) bond motifs is 3. The molecule has 2 N–H and O–H groups in total. The van der Waals surface area contributed by atoms with Crippen LogP contribution in [0.5, 0.6) is 0 Å². The van der Waals surface area contributed by atoms with Crippen molar-refractivity contribution in [2.45, 2.75) is 19.5 Å². The predicted octanol–water partition coefficient (Wildman–Crippen LogP) is 0.499. The van der Waals surface area contributed by atoms with E-state index in [1.165, 1.54) is 5.56 Å². The number of carbonyl (C=O) groups excluding carboxylic acids is 1. The van der Waals surface area contributed by atoms with Crippen LogP contribution in [0.3, 0.4) is 0 Å². The Morgan fingerprint density at radius 2 is 1.96 bits per heavy atom. The Bertz CT molecular complexity index is 540. The van der Waals surface area contributed by atoms with Gasteiger partial charge in [0.15, 0.2) is 0 Å². The largest absolute Gasteiger partial charge is 0.395 e. The molecule has 3 saturated heterocycles. The lowest BCUT2D eigenvalue weighted by atomic mass is 10.1. The zero-order chi connectivity index (χ0) is 16.9. The molecule has 6 nitrogen and oxygen atoms in total. The van der Waals surface area contributed by atoms with E-state index >= 15 is 0 Å². The van der Waals surface area contributed by atoms with E-state index in [9.17, 15) is 9.90 Å². The lowest BCUT2D eigenvalue weighted by Gasteiger charge is -2.47. The van der Waals surface area contributed by atoms with Crippen LogP contribution in [0.15, 0.2) is 24.3 Å². The summed E-state index contributed by atoms with van der Waals surface area (Å²) >= 11 is 0. The summed E-state index contributed by atoms with van der Waals surface area (Å²) < 4.78 is 0. The number of carbonyl (C=O) groups is 1. The molecule has 0 saturated carbocycles. The van der Waals surface area contributed by atoms with Crippen LogP contribution in [0.2, 0.25) is 0 Å². The van der Waals surface area contributed by atoms with Gasteiger partial charge in [0.05, 0.1) is 6.61 Å². The lowest BCUT2D eigenvalue weighted by molar-refractivity contribution is 0.0142. The van der Waals surface area contributed by atoms with Gasteiger partial charge in [-0.1, -0.05) is 29.8 Å². The van der Waals surface area contributed by atoms with E-state index in [2.05, 4.69) is 15.1 Å². The minimum Gasteiger partial charge on any atom is -0.395 e. The van der Waals surface area contributed by atoms with Crippen molar-refractivity contribution in [2.24, 2.45) is 0 Å². The molecule has 1 unspecified atom stereocenters. The fourth-order valence-corrected chi connectivity index (χ4v) is 3.52. The van der Waals surface area contributed by atoms with Crippen LogP contribution in [-0.2, 0) is 6.54 Å². The van der Waals surface area contributed by atoms with Gasteiger partial charge in [-0.25, -0.2) is 4.79 Å². The highest BCUT2D eigenvalue weighted by Crippen LogP contribution is 2.15. The molecule has 132 valence electrons. The van der Waals surface area contributed by atoms with Crippen molar-refractivity contribution in [1.82, 2.24) is 20.0 Å². The summed E-state index contributed by atoms with van der Waals surface area (Å²) in [6, 6.07) is 8.47. The van der Waals surface area contributed by atoms with E-state index in [1.54, 1.807) is 4.90 Å². The van der Waals surface area contributed by atoms with Gasteiger partial charge in [0, 0.05) is 58.4 Å². The number of benzene rings is 1. The third-order valence-electron chi connectivity index (χ3n) is 5.03. The first-order chi connectivity index (χ1) is 11.7. The molecule has 2 bridgehead atoms. The monoisotopic (exact) mass is 332 g/mol. The minimum atomic E-state index is -0.0951. The van der Waals surface area contributed by atoms with Crippen LogP contribution >= 0.6 is 0 Å². The average molecular weight is 332 g/mol. The second-order valence-corrected chi connectivity index (χ2v) is 6.81. The van der Waals surface area contributed by atoms with E-state index in [0.717, 1.165) is 38.3 Å². The number of hydrogen-bond donors (Lipinski definition) is 2. The van der Waals surface area contributed by atoms with Gasteiger partial charge in [-0.05, 0) is 12.5 Å². The van der Waals surface area contributed by atoms with Crippen molar-refractivity contribution in [2.75, 3.05) is 52.4 Å². The predicted molar refractivity (Wildman–Crippen MR) is 93.9 cm³/mol. The molecule has 6 heteroatoms. The van der Waals surface area contributed by atoms with E-state index in [4.69, 9.17) is 0 Å². The Labute approximate surface area is 144 Å². The van der Waals surface area contributed by atoms with Gasteiger partial charge >= 0.3 is 6.03 Å². The number of aryl methyl sites for hydroxylation is 1. The molecule has 3 fully saturated rings. The number of amides is 2. The molecule has 3 heterocycles. The Morgan fingerprint density at radius 1 is 1.25 bits per heavy atom. The third-order valence-corrected chi connectivity index (χ3v) is 5.03. The highest BCUT2D eigenvalue weighted by molar-refractivity contribution is 5.74. The maximum Gasteiger partial charge on any atom is 0.317 e. The van der Waals surface area contributed by atoms with Crippen LogP contribution in [-0.4, -0.2) is 84.3 Å². The van der Waals surface area contributed by atoms with Gasteiger partial charge in [-0.2, -0.15) is 0 Å². The number of hydrogen-bond acceptors (Lipinski definition) is 4. The molecule has 3 aliphatic rings. The van der Waals surface area contributed by atoms with Gasteiger partial charge in [0.2, 0.25) is 0 Å². The van der Waals surface area contributed by atoms with Crippen LogP contribution < -0.4 is 5.32 Å². The molecule has 0 radical (unpaired) electrons. The third kappa shape index (κ3) is 4.26. The maximum absolute atomic E-state index is 12.5. The zero-order valence-electron chi connectivity index (χ0n) is 14.4. The average Bonchev–Trinajstić information content (AvgIpc) is 2.62. The topological polar surface area (TPSA) is 59.1 Å². The summed E-state index contributed by atoms with van der Waals surface area (Å²) in [5.74, 6) is 0. The molecule has 0 spiro atoms. The molecule has 24 heavy (non-hydrogen) atoms. The van der Waals surface area contributed by atoms with Crippen molar-refractivity contribution in [3.63, 3.8) is 0 Å². The fraction of sp³-hybridized carbons (Fsp3) is 0.611. The summed E-state index contributed by atoms with van der Waals surface area (Å²) in [7, 11) is 0.